The summed E-state index contributed by atoms with van der Waals surface area (Å²) in [6.45, 7) is 2.71. The molecule has 0 spiro atoms. The van der Waals surface area contributed by atoms with Gasteiger partial charge in [-0.15, -0.1) is 0 Å². The first kappa shape index (κ1) is 24.7. The normalized spacial score (nSPS) is 15.7. The van der Waals surface area contributed by atoms with Gasteiger partial charge in [0.15, 0.2) is 23.0 Å². The van der Waals surface area contributed by atoms with Crippen molar-refractivity contribution in [2.45, 2.75) is 19.4 Å². The number of hydrogen-bond donors (Lipinski definition) is 1. The Bertz CT molecular complexity index is 1440. The Morgan fingerprint density at radius 2 is 1.83 bits per heavy atom. The van der Waals surface area contributed by atoms with E-state index in [-0.39, 0.29) is 19.3 Å². The summed E-state index contributed by atoms with van der Waals surface area (Å²) in [6.07, 6.45) is 0. The van der Waals surface area contributed by atoms with Gasteiger partial charge in [0.2, 0.25) is 12.7 Å². The molecule has 0 bridgehead atoms. The number of allylic oxidation sites excluding steroid dienone is 1. The highest BCUT2D eigenvalue weighted by Crippen LogP contribution is 2.49. The summed E-state index contributed by atoms with van der Waals surface area (Å²) in [7, 11) is 0. The predicted octanol–water partition coefficient (Wildman–Crippen LogP) is 6.52. The minimum absolute atomic E-state index is 0.0433. The molecule has 36 heavy (non-hydrogen) atoms. The Morgan fingerprint density at radius 3 is 2.56 bits per heavy atom. The van der Waals surface area contributed by atoms with Crippen LogP contribution in [0.2, 0.25) is 10.0 Å². The zero-order valence-corrected chi connectivity index (χ0v) is 22.6. The minimum Gasteiger partial charge on any atom is -0.490 e. The number of hydrogen-bond acceptors (Lipinski definition) is 7. The summed E-state index contributed by atoms with van der Waals surface area (Å²) in [5.74, 6) is 2.34. The van der Waals surface area contributed by atoms with Crippen LogP contribution < -0.4 is 29.4 Å². The molecule has 0 fully saturated rings. The Labute approximate surface area is 231 Å². The lowest BCUT2D eigenvalue weighted by Crippen LogP contribution is -2.21. The maximum atomic E-state index is 9.96. The summed E-state index contributed by atoms with van der Waals surface area (Å²) < 4.78 is 29.7. The summed E-state index contributed by atoms with van der Waals surface area (Å²) in [5, 5.41) is 10.9. The smallest absolute Gasteiger partial charge is 0.231 e. The van der Waals surface area contributed by atoms with Gasteiger partial charge < -0.3 is 29.4 Å². The lowest BCUT2D eigenvalue weighted by Gasteiger charge is -2.27. The first-order valence-electron chi connectivity index (χ1n) is 10.9. The molecule has 0 radical (unpaired) electrons. The van der Waals surface area contributed by atoms with Crippen LogP contribution in [0.15, 0.2) is 53.9 Å². The van der Waals surface area contributed by atoms with Crippen LogP contribution in [-0.4, -0.2) is 13.4 Å². The average molecular weight is 637 g/mol. The van der Waals surface area contributed by atoms with Crippen molar-refractivity contribution in [1.82, 2.24) is 0 Å². The fourth-order valence-electron chi connectivity index (χ4n) is 4.13. The van der Waals surface area contributed by atoms with Crippen molar-refractivity contribution in [3.8, 4) is 34.8 Å². The van der Waals surface area contributed by atoms with E-state index in [2.05, 4.69) is 28.7 Å². The van der Waals surface area contributed by atoms with Gasteiger partial charge in [-0.2, -0.15) is 5.26 Å². The van der Waals surface area contributed by atoms with Crippen LogP contribution >= 0.6 is 45.8 Å². The third-order valence-corrected chi connectivity index (χ3v) is 7.28. The van der Waals surface area contributed by atoms with Gasteiger partial charge in [0, 0.05) is 11.6 Å². The Balaban J connectivity index is 1.55. The van der Waals surface area contributed by atoms with Crippen molar-refractivity contribution in [2.75, 3.05) is 13.4 Å². The fraction of sp³-hybridized carbons (Fsp3) is 0.192. The number of fused-ring (bicyclic) bond motifs is 2. The number of rotatable bonds is 6. The molecule has 0 aromatic heterocycles. The molecule has 0 amide bonds. The summed E-state index contributed by atoms with van der Waals surface area (Å²) >= 11 is 14.4. The average Bonchev–Trinajstić information content (AvgIpc) is 3.31. The van der Waals surface area contributed by atoms with E-state index in [1.807, 2.05) is 31.2 Å². The molecule has 2 heterocycles. The lowest BCUT2D eigenvalue weighted by atomic mass is 9.83. The molecule has 10 heteroatoms. The quantitative estimate of drug-likeness (QED) is 0.308. The van der Waals surface area contributed by atoms with Gasteiger partial charge in [-0.05, 0) is 71.0 Å². The largest absolute Gasteiger partial charge is 0.490 e. The van der Waals surface area contributed by atoms with E-state index in [4.69, 9.17) is 52.6 Å². The molecule has 5 rings (SSSR count). The van der Waals surface area contributed by atoms with E-state index in [0.717, 1.165) is 20.3 Å². The fourth-order valence-corrected chi connectivity index (χ4v) is 5.23. The number of nitriles is 1. The predicted molar refractivity (Wildman–Crippen MR) is 143 cm³/mol. The summed E-state index contributed by atoms with van der Waals surface area (Å²) in [6, 6.07) is 14.9. The van der Waals surface area contributed by atoms with E-state index in [9.17, 15) is 5.26 Å². The van der Waals surface area contributed by atoms with Gasteiger partial charge in [-0.25, -0.2) is 0 Å². The molecule has 3 aromatic carbocycles. The Kier molecular flexibility index (Phi) is 6.97. The maximum absolute atomic E-state index is 9.96. The molecule has 0 aliphatic carbocycles. The molecule has 7 nitrogen and oxygen atoms in total. The molecular formula is C26H19Cl2IN2O5. The first-order chi connectivity index (χ1) is 17.4. The van der Waals surface area contributed by atoms with E-state index < -0.39 is 5.92 Å². The molecule has 0 saturated carbocycles. The standard InChI is InChI=1S/C26H19Cl2IN2O5/c1-2-32-23-7-14(6-19(29)25(23)33-11-13-3-4-17(27)18(28)5-13)24-15-8-21-22(35-12-34-21)9-20(15)36-26(31)16(24)10-30/h3-9,24H,2,11-12,31H2,1H3/t24-/m1/s1. The van der Waals surface area contributed by atoms with Crippen molar-refractivity contribution >= 4 is 45.8 Å². The van der Waals surface area contributed by atoms with Crippen molar-refractivity contribution in [1.29, 1.82) is 5.26 Å². The Morgan fingerprint density at radius 1 is 1.06 bits per heavy atom. The highest BCUT2D eigenvalue weighted by Gasteiger charge is 2.34. The molecule has 3 aromatic rings. The van der Waals surface area contributed by atoms with Crippen LogP contribution in [0.4, 0.5) is 0 Å². The zero-order valence-electron chi connectivity index (χ0n) is 18.9. The van der Waals surface area contributed by atoms with Gasteiger partial charge >= 0.3 is 0 Å². The van der Waals surface area contributed by atoms with E-state index in [1.54, 1.807) is 18.2 Å². The second kappa shape index (κ2) is 10.2. The van der Waals surface area contributed by atoms with Gasteiger partial charge in [-0.1, -0.05) is 29.3 Å². The molecular weight excluding hydrogens is 618 g/mol. The third-order valence-electron chi connectivity index (χ3n) is 5.74. The van der Waals surface area contributed by atoms with Crippen molar-refractivity contribution < 1.29 is 23.7 Å². The second-order valence-corrected chi connectivity index (χ2v) is 9.94. The van der Waals surface area contributed by atoms with Gasteiger partial charge in [0.1, 0.15) is 24.0 Å². The number of nitrogens with two attached hydrogens (primary N) is 1. The van der Waals surface area contributed by atoms with Crippen LogP contribution in [0.3, 0.4) is 0 Å². The lowest BCUT2D eigenvalue weighted by molar-refractivity contribution is 0.174. The molecule has 1 atom stereocenters. The highest BCUT2D eigenvalue weighted by molar-refractivity contribution is 14.1. The van der Waals surface area contributed by atoms with E-state index >= 15 is 0 Å². The third kappa shape index (κ3) is 4.59. The van der Waals surface area contributed by atoms with Gasteiger partial charge in [-0.3, -0.25) is 0 Å². The van der Waals surface area contributed by atoms with E-state index in [0.29, 0.717) is 51.0 Å². The number of benzene rings is 3. The van der Waals surface area contributed by atoms with Gasteiger partial charge in [0.25, 0.3) is 0 Å². The minimum atomic E-state index is -0.495. The van der Waals surface area contributed by atoms with Crippen molar-refractivity contribution in [3.63, 3.8) is 0 Å². The van der Waals surface area contributed by atoms with Gasteiger partial charge in [0.05, 0.1) is 26.1 Å². The zero-order chi connectivity index (χ0) is 25.4. The second-order valence-electron chi connectivity index (χ2n) is 7.97. The van der Waals surface area contributed by atoms with Crippen LogP contribution in [0.1, 0.15) is 29.5 Å². The van der Waals surface area contributed by atoms with Crippen molar-refractivity contribution in [2.24, 2.45) is 5.73 Å². The summed E-state index contributed by atoms with van der Waals surface area (Å²) in [5.41, 5.74) is 8.86. The number of nitrogens with zero attached hydrogens (tertiary/aromatic N) is 1. The molecule has 0 unspecified atom stereocenters. The molecule has 2 aliphatic heterocycles. The molecule has 2 N–H and O–H groups in total. The Hall–Kier alpha value is -3.00. The molecule has 184 valence electrons. The number of halogens is 3. The monoisotopic (exact) mass is 636 g/mol. The van der Waals surface area contributed by atoms with Crippen molar-refractivity contribution in [3.05, 3.63) is 84.2 Å². The number of ether oxygens (including phenoxy) is 5. The SMILES string of the molecule is CCOc1cc([C@H]2C(C#N)=C(N)Oc3cc4c(cc32)OCO4)cc(I)c1OCc1ccc(Cl)c(Cl)c1. The van der Waals surface area contributed by atoms with Crippen LogP contribution in [-0.2, 0) is 6.61 Å². The highest BCUT2D eigenvalue weighted by atomic mass is 127. The topological polar surface area (TPSA) is 96.0 Å². The molecule has 0 saturated heterocycles. The first-order valence-corrected chi connectivity index (χ1v) is 12.8. The van der Waals surface area contributed by atoms with Crippen LogP contribution in [0.25, 0.3) is 0 Å². The maximum Gasteiger partial charge on any atom is 0.231 e. The van der Waals surface area contributed by atoms with E-state index in [1.165, 1.54) is 0 Å². The van der Waals surface area contributed by atoms with Crippen LogP contribution in [0.5, 0.6) is 28.7 Å². The summed E-state index contributed by atoms with van der Waals surface area (Å²) in [4.78, 5) is 0. The van der Waals surface area contributed by atoms with Crippen LogP contribution in [0, 0.1) is 14.9 Å². The molecule has 2 aliphatic rings.